The third-order valence-electron chi connectivity index (χ3n) is 4.69. The van der Waals surface area contributed by atoms with Crippen LogP contribution in [0.1, 0.15) is 30.1 Å². The number of benzene rings is 2. The molecule has 1 unspecified atom stereocenters. The van der Waals surface area contributed by atoms with Crippen LogP contribution in [0.5, 0.6) is 5.75 Å². The highest BCUT2D eigenvalue weighted by molar-refractivity contribution is 7.99. The van der Waals surface area contributed by atoms with Crippen molar-refractivity contribution in [3.63, 3.8) is 0 Å². The molecule has 0 bridgehead atoms. The highest BCUT2D eigenvalue weighted by Gasteiger charge is 2.18. The Morgan fingerprint density at radius 1 is 1.27 bits per heavy atom. The highest BCUT2D eigenvalue weighted by atomic mass is 32.2. The average molecular weight is 451 g/mol. The molecule has 0 aromatic heterocycles. The van der Waals surface area contributed by atoms with E-state index in [1.165, 1.54) is 7.11 Å². The number of rotatable bonds is 9. The summed E-state index contributed by atoms with van der Waals surface area (Å²) in [7, 11) is -1.99. The number of nitrogens with one attached hydrogen (secondary N) is 2. The van der Waals surface area contributed by atoms with Gasteiger partial charge < -0.3 is 14.8 Å². The van der Waals surface area contributed by atoms with E-state index in [9.17, 15) is 13.2 Å². The van der Waals surface area contributed by atoms with E-state index < -0.39 is 10.0 Å². The molecule has 9 heteroatoms. The number of methoxy groups -OCH3 is 1. The molecule has 2 aromatic rings. The molecule has 2 N–H and O–H groups in total. The zero-order chi connectivity index (χ0) is 21.6. The van der Waals surface area contributed by atoms with Gasteiger partial charge in [0.25, 0.3) is 5.91 Å². The van der Waals surface area contributed by atoms with Crippen molar-refractivity contribution in [2.75, 3.05) is 35.3 Å². The fraction of sp³-hybridized carbons (Fsp3) is 0.381. The molecule has 162 valence electrons. The van der Waals surface area contributed by atoms with E-state index in [0.29, 0.717) is 22.7 Å². The molecule has 7 nitrogen and oxygen atoms in total. The first-order chi connectivity index (χ1) is 14.4. The standard InChI is InChI=1S/C21H26N2O5S2/c1-3-30(25,26)23-18-11-10-15(13-19(18)27-2)22-21(24)17-8-4-5-9-20(17)29-14-16-7-6-12-28-16/h4-5,8-11,13,16,23H,3,6-7,12,14H2,1-2H3,(H,22,24). The lowest BCUT2D eigenvalue weighted by Crippen LogP contribution is -2.16. The Morgan fingerprint density at radius 3 is 2.77 bits per heavy atom. The van der Waals surface area contributed by atoms with Crippen molar-refractivity contribution in [1.29, 1.82) is 0 Å². The zero-order valence-electron chi connectivity index (χ0n) is 17.0. The molecule has 1 fully saturated rings. The summed E-state index contributed by atoms with van der Waals surface area (Å²) >= 11 is 1.61. The third-order valence-corrected chi connectivity index (χ3v) is 7.18. The van der Waals surface area contributed by atoms with E-state index >= 15 is 0 Å². The molecular formula is C21H26N2O5S2. The first-order valence-corrected chi connectivity index (χ1v) is 12.4. The lowest BCUT2D eigenvalue weighted by molar-refractivity contribution is 0.102. The van der Waals surface area contributed by atoms with Gasteiger partial charge in [-0.2, -0.15) is 0 Å². The third kappa shape index (κ3) is 5.90. The molecule has 0 aliphatic carbocycles. The summed E-state index contributed by atoms with van der Waals surface area (Å²) < 4.78 is 37.1. The van der Waals surface area contributed by atoms with Gasteiger partial charge in [-0.25, -0.2) is 8.42 Å². The maximum Gasteiger partial charge on any atom is 0.256 e. The van der Waals surface area contributed by atoms with Crippen molar-refractivity contribution >= 4 is 39.1 Å². The van der Waals surface area contributed by atoms with Gasteiger partial charge in [0.15, 0.2) is 0 Å². The molecule has 0 spiro atoms. The summed E-state index contributed by atoms with van der Waals surface area (Å²) in [5.41, 5.74) is 1.41. The average Bonchev–Trinajstić information content (AvgIpc) is 3.27. The number of hydrogen-bond acceptors (Lipinski definition) is 6. The van der Waals surface area contributed by atoms with Crippen molar-refractivity contribution < 1.29 is 22.7 Å². The number of amides is 1. The van der Waals surface area contributed by atoms with Gasteiger partial charge in [-0.05, 0) is 44.0 Å². The van der Waals surface area contributed by atoms with E-state index in [1.807, 2.05) is 18.2 Å². The van der Waals surface area contributed by atoms with E-state index in [4.69, 9.17) is 9.47 Å². The molecule has 0 radical (unpaired) electrons. The fourth-order valence-electron chi connectivity index (χ4n) is 3.03. The quantitative estimate of drug-likeness (QED) is 0.561. The van der Waals surface area contributed by atoms with Crippen LogP contribution in [0, 0.1) is 0 Å². The van der Waals surface area contributed by atoms with Crippen LogP contribution in [0.4, 0.5) is 11.4 Å². The van der Waals surface area contributed by atoms with E-state index in [-0.39, 0.29) is 17.8 Å². The molecule has 1 saturated heterocycles. The minimum absolute atomic E-state index is 0.0466. The number of anilines is 2. The van der Waals surface area contributed by atoms with E-state index in [0.717, 1.165) is 30.1 Å². The normalized spacial score (nSPS) is 16.3. The summed E-state index contributed by atoms with van der Waals surface area (Å²) in [6.07, 6.45) is 2.37. The predicted molar refractivity (Wildman–Crippen MR) is 120 cm³/mol. The van der Waals surface area contributed by atoms with Gasteiger partial charge in [0.2, 0.25) is 10.0 Å². The maximum absolute atomic E-state index is 12.9. The van der Waals surface area contributed by atoms with Crippen LogP contribution in [0.15, 0.2) is 47.4 Å². The smallest absolute Gasteiger partial charge is 0.256 e. The number of ether oxygens (including phenoxy) is 2. The number of sulfonamides is 1. The van der Waals surface area contributed by atoms with Gasteiger partial charge >= 0.3 is 0 Å². The lowest BCUT2D eigenvalue weighted by atomic mass is 10.2. The summed E-state index contributed by atoms with van der Waals surface area (Å²) in [4.78, 5) is 13.8. The Labute approximate surface area is 181 Å². The van der Waals surface area contributed by atoms with Gasteiger partial charge in [0.1, 0.15) is 5.75 Å². The zero-order valence-corrected chi connectivity index (χ0v) is 18.6. The molecule has 1 amide bonds. The first kappa shape index (κ1) is 22.5. The van der Waals surface area contributed by atoms with Gasteiger partial charge in [0.05, 0.1) is 30.2 Å². The Balaban J connectivity index is 1.72. The second kappa shape index (κ2) is 10.2. The molecule has 3 rings (SSSR count). The van der Waals surface area contributed by atoms with Crippen LogP contribution in [0.2, 0.25) is 0 Å². The SMILES string of the molecule is CCS(=O)(=O)Nc1ccc(NC(=O)c2ccccc2SCC2CCCO2)cc1OC. The van der Waals surface area contributed by atoms with Crippen molar-refractivity contribution in [2.24, 2.45) is 0 Å². The van der Waals surface area contributed by atoms with Crippen molar-refractivity contribution in [1.82, 2.24) is 0 Å². The van der Waals surface area contributed by atoms with Gasteiger partial charge in [-0.3, -0.25) is 9.52 Å². The Kier molecular flexibility index (Phi) is 7.63. The first-order valence-electron chi connectivity index (χ1n) is 9.75. The van der Waals surface area contributed by atoms with Gasteiger partial charge in [0, 0.05) is 29.0 Å². The number of thioether (sulfide) groups is 1. The number of carbonyl (C=O) groups excluding carboxylic acids is 1. The Morgan fingerprint density at radius 2 is 2.07 bits per heavy atom. The molecule has 1 aliphatic rings. The minimum Gasteiger partial charge on any atom is -0.494 e. The van der Waals surface area contributed by atoms with Crippen LogP contribution >= 0.6 is 11.8 Å². The molecule has 30 heavy (non-hydrogen) atoms. The van der Waals surface area contributed by atoms with E-state index in [1.54, 1.807) is 43.0 Å². The molecular weight excluding hydrogens is 424 g/mol. The number of carbonyl (C=O) groups is 1. The second-order valence-electron chi connectivity index (χ2n) is 6.82. The fourth-order valence-corrected chi connectivity index (χ4v) is 4.80. The molecule has 0 saturated carbocycles. The van der Waals surface area contributed by atoms with Crippen LogP contribution in [-0.4, -0.2) is 45.7 Å². The predicted octanol–water partition coefficient (Wildman–Crippen LogP) is 3.98. The van der Waals surface area contributed by atoms with Crippen LogP contribution in [-0.2, 0) is 14.8 Å². The highest BCUT2D eigenvalue weighted by Crippen LogP contribution is 2.30. The monoisotopic (exact) mass is 450 g/mol. The topological polar surface area (TPSA) is 93.7 Å². The van der Waals surface area contributed by atoms with Crippen LogP contribution in [0.25, 0.3) is 0 Å². The van der Waals surface area contributed by atoms with Crippen LogP contribution in [0.3, 0.4) is 0 Å². The van der Waals surface area contributed by atoms with E-state index in [2.05, 4.69) is 10.0 Å². The van der Waals surface area contributed by atoms with Crippen molar-refractivity contribution in [2.45, 2.75) is 30.8 Å². The summed E-state index contributed by atoms with van der Waals surface area (Å²) in [5, 5.41) is 2.86. The Hall–Kier alpha value is -2.23. The number of hydrogen-bond donors (Lipinski definition) is 2. The molecule has 1 atom stereocenters. The summed E-state index contributed by atoms with van der Waals surface area (Å²) in [6, 6.07) is 12.2. The van der Waals surface area contributed by atoms with Crippen molar-refractivity contribution in [3.8, 4) is 5.75 Å². The molecule has 2 aromatic carbocycles. The molecule has 1 aliphatic heterocycles. The van der Waals surface area contributed by atoms with Crippen molar-refractivity contribution in [3.05, 3.63) is 48.0 Å². The van der Waals surface area contributed by atoms with Gasteiger partial charge in [-0.1, -0.05) is 12.1 Å². The van der Waals surface area contributed by atoms with Crippen LogP contribution < -0.4 is 14.8 Å². The summed E-state index contributed by atoms with van der Waals surface area (Å²) in [5.74, 6) is 0.847. The maximum atomic E-state index is 12.9. The second-order valence-corrected chi connectivity index (χ2v) is 9.89. The lowest BCUT2D eigenvalue weighted by Gasteiger charge is -2.14. The molecule has 1 heterocycles. The minimum atomic E-state index is -3.43. The summed E-state index contributed by atoms with van der Waals surface area (Å²) in [6.45, 7) is 2.36. The Bertz CT molecular complexity index is 989. The largest absolute Gasteiger partial charge is 0.494 e. The van der Waals surface area contributed by atoms with Gasteiger partial charge in [-0.15, -0.1) is 11.8 Å².